The lowest BCUT2D eigenvalue weighted by atomic mass is 9.31. The van der Waals surface area contributed by atoms with Crippen molar-refractivity contribution in [1.29, 1.82) is 0 Å². The average molecular weight is 439 g/mol. The van der Waals surface area contributed by atoms with Crippen LogP contribution < -0.4 is 0 Å². The number of carbonyl (C=O) groups excluding carboxylic acids is 1. The molecule has 11 unspecified atom stereocenters. The molecule has 5 aliphatic carbocycles. The number of ether oxygens (including phenoxy) is 1. The summed E-state index contributed by atoms with van der Waals surface area (Å²) in [4.78, 5) is 12.7. The molecule has 178 valence electrons. The molecule has 6 rings (SSSR count). The first kappa shape index (κ1) is 21.7. The van der Waals surface area contributed by atoms with Crippen LogP contribution in [0.3, 0.4) is 0 Å². The molecule has 2 heteroatoms. The first-order valence-corrected chi connectivity index (χ1v) is 13.8. The highest BCUT2D eigenvalue weighted by molar-refractivity contribution is 5.83. The van der Waals surface area contributed by atoms with Gasteiger partial charge in [0, 0.05) is 0 Å². The van der Waals surface area contributed by atoms with E-state index in [0.717, 1.165) is 30.1 Å². The quantitative estimate of drug-likeness (QED) is 0.312. The van der Waals surface area contributed by atoms with Crippen LogP contribution in [0.4, 0.5) is 0 Å². The lowest BCUT2D eigenvalue weighted by Crippen LogP contribution is -2.71. The molecular formula is C30H46O2. The van der Waals surface area contributed by atoms with E-state index in [-0.39, 0.29) is 17.5 Å². The third kappa shape index (κ3) is 2.18. The van der Waals surface area contributed by atoms with Crippen molar-refractivity contribution in [3.63, 3.8) is 0 Å². The lowest BCUT2D eigenvalue weighted by Gasteiger charge is -2.74. The van der Waals surface area contributed by atoms with Gasteiger partial charge < -0.3 is 4.74 Å². The van der Waals surface area contributed by atoms with Crippen molar-refractivity contribution in [3.05, 3.63) is 12.2 Å². The van der Waals surface area contributed by atoms with Gasteiger partial charge in [-0.2, -0.15) is 0 Å². The number of rotatable bonds is 1. The van der Waals surface area contributed by atoms with Gasteiger partial charge in [-0.1, -0.05) is 39.8 Å². The van der Waals surface area contributed by atoms with Crippen LogP contribution >= 0.6 is 0 Å². The second-order valence-corrected chi connectivity index (χ2v) is 14.5. The highest BCUT2D eigenvalue weighted by atomic mass is 16.6. The summed E-state index contributed by atoms with van der Waals surface area (Å²) >= 11 is 0. The molecule has 6 aliphatic rings. The average Bonchev–Trinajstić information content (AvgIpc) is 3.08. The summed E-state index contributed by atoms with van der Waals surface area (Å²) in [7, 11) is 0. The van der Waals surface area contributed by atoms with Gasteiger partial charge in [-0.25, -0.2) is 0 Å². The molecule has 0 amide bonds. The van der Waals surface area contributed by atoms with E-state index in [2.05, 4.69) is 48.1 Å². The molecule has 0 spiro atoms. The smallest absolute Gasteiger partial charge is 0.316 e. The number of hydrogen-bond donors (Lipinski definition) is 0. The maximum absolute atomic E-state index is 12.7. The second-order valence-electron chi connectivity index (χ2n) is 14.5. The van der Waals surface area contributed by atoms with Crippen LogP contribution in [0.2, 0.25) is 0 Å². The molecule has 1 saturated heterocycles. The minimum absolute atomic E-state index is 0.103. The number of allylic oxidation sites excluding steroid dienone is 1. The minimum Gasteiger partial charge on any atom is -0.461 e. The highest BCUT2D eigenvalue weighted by Gasteiger charge is 2.74. The van der Waals surface area contributed by atoms with E-state index in [1.54, 1.807) is 0 Å². The van der Waals surface area contributed by atoms with E-state index >= 15 is 0 Å². The van der Waals surface area contributed by atoms with Gasteiger partial charge >= 0.3 is 5.97 Å². The fourth-order valence-corrected chi connectivity index (χ4v) is 12.1. The van der Waals surface area contributed by atoms with Gasteiger partial charge in [-0.15, -0.1) is 0 Å². The largest absolute Gasteiger partial charge is 0.461 e. The van der Waals surface area contributed by atoms with Crippen LogP contribution in [-0.2, 0) is 9.53 Å². The summed E-state index contributed by atoms with van der Waals surface area (Å²) in [6, 6.07) is 0. The summed E-state index contributed by atoms with van der Waals surface area (Å²) in [6.45, 7) is 19.6. The van der Waals surface area contributed by atoms with E-state index in [9.17, 15) is 4.79 Å². The molecule has 0 aromatic rings. The summed E-state index contributed by atoms with van der Waals surface area (Å²) in [5.74, 6) is 3.82. The van der Waals surface area contributed by atoms with Crippen LogP contribution in [-0.4, -0.2) is 12.1 Å². The third-order valence-corrected chi connectivity index (χ3v) is 13.9. The van der Waals surface area contributed by atoms with Gasteiger partial charge in [-0.05, 0) is 129 Å². The molecule has 0 aromatic heterocycles. The summed E-state index contributed by atoms with van der Waals surface area (Å²) in [6.07, 6.45) is 13.4. The zero-order chi connectivity index (χ0) is 22.9. The van der Waals surface area contributed by atoms with Gasteiger partial charge in [0.25, 0.3) is 0 Å². The van der Waals surface area contributed by atoms with Crippen molar-refractivity contribution in [2.75, 3.05) is 0 Å². The Bertz CT molecular complexity index is 876. The molecule has 1 aliphatic heterocycles. The normalized spacial score (nSPS) is 60.6. The molecule has 32 heavy (non-hydrogen) atoms. The topological polar surface area (TPSA) is 26.3 Å². The van der Waals surface area contributed by atoms with E-state index < -0.39 is 0 Å². The summed E-state index contributed by atoms with van der Waals surface area (Å²) < 4.78 is 5.65. The summed E-state index contributed by atoms with van der Waals surface area (Å²) in [5, 5.41) is 0. The SMILES string of the molecule is C=C(C)C1CCC2(C)C1CCC1(C)C2CCC2C3(C)CCC4OC(=O)C4(C)C3CCC21C. The first-order valence-electron chi connectivity index (χ1n) is 13.8. The molecule has 0 bridgehead atoms. The van der Waals surface area contributed by atoms with Crippen LogP contribution in [0.15, 0.2) is 12.2 Å². The van der Waals surface area contributed by atoms with E-state index in [1.807, 2.05) is 0 Å². The molecule has 5 saturated carbocycles. The maximum Gasteiger partial charge on any atom is 0.316 e. The standard InChI is InChI=1S/C30H46O2/c1-18(2)19-10-14-26(3)20(19)11-16-28(5)21(26)8-9-22-27(4)15-13-24-30(7,25(31)32-24)23(27)12-17-29(22,28)6/h19-24H,1,8-17H2,2-7H3. The van der Waals surface area contributed by atoms with Crippen LogP contribution in [0.1, 0.15) is 106 Å². The van der Waals surface area contributed by atoms with E-state index in [0.29, 0.717) is 27.6 Å². The Balaban J connectivity index is 1.37. The fourth-order valence-electron chi connectivity index (χ4n) is 12.1. The monoisotopic (exact) mass is 438 g/mol. The number of hydrogen-bond acceptors (Lipinski definition) is 2. The zero-order valence-corrected chi connectivity index (χ0v) is 21.6. The predicted molar refractivity (Wildman–Crippen MR) is 129 cm³/mol. The molecule has 0 radical (unpaired) electrons. The van der Waals surface area contributed by atoms with Crippen molar-refractivity contribution < 1.29 is 9.53 Å². The van der Waals surface area contributed by atoms with Crippen molar-refractivity contribution in [1.82, 2.24) is 0 Å². The van der Waals surface area contributed by atoms with E-state index in [1.165, 1.54) is 63.4 Å². The zero-order valence-electron chi connectivity index (χ0n) is 21.6. The second kappa shape index (κ2) is 6.25. The van der Waals surface area contributed by atoms with Crippen molar-refractivity contribution in [2.45, 2.75) is 112 Å². The summed E-state index contributed by atoms with van der Waals surface area (Å²) in [5.41, 5.74) is 2.83. The van der Waals surface area contributed by atoms with E-state index in [4.69, 9.17) is 4.74 Å². The lowest BCUT2D eigenvalue weighted by molar-refractivity contribution is -0.281. The first-order chi connectivity index (χ1) is 14.9. The maximum atomic E-state index is 12.7. The molecular weight excluding hydrogens is 392 g/mol. The minimum atomic E-state index is -0.212. The van der Waals surface area contributed by atoms with Crippen molar-refractivity contribution >= 4 is 5.97 Å². The van der Waals surface area contributed by atoms with Gasteiger partial charge in [0.05, 0.1) is 0 Å². The Morgan fingerprint density at radius 3 is 2.00 bits per heavy atom. The van der Waals surface area contributed by atoms with Crippen LogP contribution in [0, 0.1) is 56.7 Å². The van der Waals surface area contributed by atoms with Gasteiger partial charge in [0.1, 0.15) is 11.5 Å². The van der Waals surface area contributed by atoms with Gasteiger partial charge in [-0.3, -0.25) is 4.79 Å². The predicted octanol–water partition coefficient (Wildman–Crippen LogP) is 7.57. The number of fused-ring (bicyclic) bond motifs is 9. The van der Waals surface area contributed by atoms with Crippen LogP contribution in [0.25, 0.3) is 0 Å². The van der Waals surface area contributed by atoms with Crippen molar-refractivity contribution in [2.24, 2.45) is 56.7 Å². The van der Waals surface area contributed by atoms with Crippen molar-refractivity contribution in [3.8, 4) is 0 Å². The molecule has 0 aromatic carbocycles. The fraction of sp³-hybridized carbons (Fsp3) is 0.900. The molecule has 2 nitrogen and oxygen atoms in total. The Kier molecular flexibility index (Phi) is 4.24. The highest BCUT2D eigenvalue weighted by Crippen LogP contribution is 2.78. The van der Waals surface area contributed by atoms with Gasteiger partial charge in [0.2, 0.25) is 0 Å². The number of esters is 1. The Morgan fingerprint density at radius 2 is 1.38 bits per heavy atom. The molecule has 6 fully saturated rings. The third-order valence-electron chi connectivity index (χ3n) is 13.9. The molecule has 0 N–H and O–H groups in total. The molecule has 11 atom stereocenters. The number of carbonyl (C=O) groups is 1. The molecule has 1 heterocycles. The van der Waals surface area contributed by atoms with Gasteiger partial charge in [0.15, 0.2) is 0 Å². The van der Waals surface area contributed by atoms with Crippen LogP contribution in [0.5, 0.6) is 0 Å². The Hall–Kier alpha value is -0.790. The Labute approximate surface area is 196 Å². The Morgan fingerprint density at radius 1 is 0.781 bits per heavy atom.